The van der Waals surface area contributed by atoms with Gasteiger partial charge in [-0.05, 0) is 35.0 Å². The molecule has 0 saturated heterocycles. The van der Waals surface area contributed by atoms with Crippen LogP contribution in [0.3, 0.4) is 0 Å². The standard InChI is InChI=1S/C16H13O4P/c17-21(18,19-15-8-2-1-3-9-15)20-16-11-10-13-6-4-5-7-14(13)12-16/h1-12H,(H,17,18)/p-1. The molecule has 3 aromatic rings. The van der Waals surface area contributed by atoms with Crippen LogP contribution in [0.15, 0.2) is 72.8 Å². The fourth-order valence-electron chi connectivity index (χ4n) is 1.98. The summed E-state index contributed by atoms with van der Waals surface area (Å²) < 4.78 is 21.8. The number of benzene rings is 3. The minimum absolute atomic E-state index is 0.219. The smallest absolute Gasteiger partial charge is 0.372 e. The molecule has 4 nitrogen and oxygen atoms in total. The van der Waals surface area contributed by atoms with Crippen molar-refractivity contribution in [1.82, 2.24) is 0 Å². The largest absolute Gasteiger partial charge is 0.736 e. The molecule has 1 atom stereocenters. The van der Waals surface area contributed by atoms with Crippen molar-refractivity contribution in [2.45, 2.75) is 0 Å². The average molecular weight is 299 g/mol. The Morgan fingerprint density at radius 1 is 0.714 bits per heavy atom. The van der Waals surface area contributed by atoms with E-state index in [4.69, 9.17) is 9.05 Å². The number of phosphoric acid groups is 1. The SMILES string of the molecule is O=P([O-])(Oc1ccccc1)Oc1ccc2ccccc2c1. The molecule has 0 aliphatic rings. The summed E-state index contributed by atoms with van der Waals surface area (Å²) >= 11 is 0. The molecule has 0 saturated carbocycles. The van der Waals surface area contributed by atoms with E-state index in [9.17, 15) is 9.46 Å². The second kappa shape index (κ2) is 5.60. The van der Waals surface area contributed by atoms with Crippen molar-refractivity contribution < 1.29 is 18.5 Å². The summed E-state index contributed by atoms with van der Waals surface area (Å²) in [4.78, 5) is 11.9. The maximum atomic E-state index is 11.9. The van der Waals surface area contributed by atoms with E-state index in [1.54, 1.807) is 48.5 Å². The van der Waals surface area contributed by atoms with Gasteiger partial charge in [0, 0.05) is 0 Å². The monoisotopic (exact) mass is 299 g/mol. The zero-order valence-electron chi connectivity index (χ0n) is 11.0. The molecule has 0 aromatic heterocycles. The summed E-state index contributed by atoms with van der Waals surface area (Å²) in [7, 11) is -4.46. The highest BCUT2D eigenvalue weighted by molar-refractivity contribution is 7.46. The maximum Gasteiger partial charge on any atom is 0.372 e. The molecule has 0 fully saturated rings. The van der Waals surface area contributed by atoms with Crippen LogP contribution in [0.5, 0.6) is 11.5 Å². The maximum absolute atomic E-state index is 11.9. The van der Waals surface area contributed by atoms with Gasteiger partial charge in [0.25, 0.3) is 0 Å². The first-order valence-corrected chi connectivity index (χ1v) is 7.83. The molecule has 1 unspecified atom stereocenters. The van der Waals surface area contributed by atoms with E-state index in [-0.39, 0.29) is 11.5 Å². The molecule has 0 bridgehead atoms. The summed E-state index contributed by atoms with van der Waals surface area (Å²) in [5.74, 6) is 0.444. The Bertz CT molecular complexity index is 801. The fraction of sp³-hybridized carbons (Fsp3) is 0. The van der Waals surface area contributed by atoms with E-state index < -0.39 is 7.82 Å². The highest BCUT2D eigenvalue weighted by Gasteiger charge is 2.13. The predicted molar refractivity (Wildman–Crippen MR) is 79.3 cm³/mol. The van der Waals surface area contributed by atoms with Crippen molar-refractivity contribution in [3.8, 4) is 11.5 Å². The van der Waals surface area contributed by atoms with Gasteiger partial charge in [0.1, 0.15) is 11.5 Å². The van der Waals surface area contributed by atoms with E-state index in [0.29, 0.717) is 0 Å². The predicted octanol–water partition coefficient (Wildman–Crippen LogP) is 3.77. The van der Waals surface area contributed by atoms with Gasteiger partial charge in [-0.15, -0.1) is 0 Å². The molecular formula is C16H12O4P-. The quantitative estimate of drug-likeness (QED) is 0.688. The summed E-state index contributed by atoms with van der Waals surface area (Å²) in [5, 5.41) is 1.91. The van der Waals surface area contributed by atoms with Crippen LogP contribution in [0.1, 0.15) is 0 Å². The van der Waals surface area contributed by atoms with Gasteiger partial charge in [-0.25, -0.2) is 4.57 Å². The summed E-state index contributed by atoms with van der Waals surface area (Å²) in [5.41, 5.74) is 0. The Morgan fingerprint density at radius 3 is 2.10 bits per heavy atom. The van der Waals surface area contributed by atoms with Crippen LogP contribution in [0.2, 0.25) is 0 Å². The third-order valence-electron chi connectivity index (χ3n) is 2.90. The molecule has 0 aliphatic heterocycles. The third kappa shape index (κ3) is 3.43. The molecule has 5 heteroatoms. The van der Waals surface area contributed by atoms with Crippen LogP contribution in [0.4, 0.5) is 0 Å². The lowest BCUT2D eigenvalue weighted by Gasteiger charge is -2.23. The van der Waals surface area contributed by atoms with Crippen molar-refractivity contribution in [2.75, 3.05) is 0 Å². The Balaban J connectivity index is 1.81. The lowest BCUT2D eigenvalue weighted by atomic mass is 10.1. The molecule has 3 aromatic carbocycles. The normalized spacial score (nSPS) is 13.6. The summed E-state index contributed by atoms with van der Waals surface area (Å²) in [6.45, 7) is 0. The van der Waals surface area contributed by atoms with Crippen LogP contribution in [-0.2, 0) is 4.57 Å². The van der Waals surface area contributed by atoms with Crippen molar-refractivity contribution in [1.29, 1.82) is 0 Å². The number of phosphoric ester groups is 1. The molecule has 0 amide bonds. The van der Waals surface area contributed by atoms with E-state index in [1.807, 2.05) is 24.3 Å². The highest BCUT2D eigenvalue weighted by Crippen LogP contribution is 2.40. The van der Waals surface area contributed by atoms with Gasteiger partial charge in [0.2, 0.25) is 0 Å². The minimum atomic E-state index is -4.46. The molecule has 0 radical (unpaired) electrons. The Hall–Kier alpha value is -2.29. The zero-order chi connectivity index (χ0) is 14.7. The number of hydrogen-bond donors (Lipinski definition) is 0. The van der Waals surface area contributed by atoms with Gasteiger partial charge in [-0.1, -0.05) is 48.5 Å². The second-order valence-electron chi connectivity index (χ2n) is 4.45. The molecule has 0 N–H and O–H groups in total. The summed E-state index contributed by atoms with van der Waals surface area (Å²) in [6.07, 6.45) is 0. The molecular weight excluding hydrogens is 287 g/mol. The van der Waals surface area contributed by atoms with Gasteiger partial charge in [0.05, 0.1) is 0 Å². The molecule has 21 heavy (non-hydrogen) atoms. The Kier molecular flexibility index (Phi) is 3.65. The van der Waals surface area contributed by atoms with Crippen molar-refractivity contribution in [3.63, 3.8) is 0 Å². The number of fused-ring (bicyclic) bond motifs is 1. The first-order valence-electron chi connectivity index (χ1n) is 6.36. The molecule has 0 heterocycles. The lowest BCUT2D eigenvalue weighted by Crippen LogP contribution is -2.12. The molecule has 106 valence electrons. The van der Waals surface area contributed by atoms with Crippen LogP contribution < -0.4 is 13.9 Å². The Morgan fingerprint density at radius 2 is 1.33 bits per heavy atom. The number of rotatable bonds is 4. The first kappa shape index (κ1) is 13.7. The number of hydrogen-bond acceptors (Lipinski definition) is 4. The lowest BCUT2D eigenvalue weighted by molar-refractivity contribution is -0.208. The van der Waals surface area contributed by atoms with Gasteiger partial charge in [-0.3, -0.25) is 0 Å². The fourth-order valence-corrected chi connectivity index (χ4v) is 2.77. The topological polar surface area (TPSA) is 58.6 Å². The minimum Gasteiger partial charge on any atom is -0.736 e. The first-order chi connectivity index (χ1) is 10.1. The van der Waals surface area contributed by atoms with Gasteiger partial charge in [0.15, 0.2) is 0 Å². The summed E-state index contributed by atoms with van der Waals surface area (Å²) in [6, 6.07) is 20.9. The number of para-hydroxylation sites is 1. The zero-order valence-corrected chi connectivity index (χ0v) is 11.9. The van der Waals surface area contributed by atoms with Crippen LogP contribution in [0, 0.1) is 0 Å². The molecule has 0 aliphatic carbocycles. The van der Waals surface area contributed by atoms with Crippen LogP contribution >= 0.6 is 7.82 Å². The molecule has 3 rings (SSSR count). The third-order valence-corrected chi connectivity index (χ3v) is 3.77. The van der Waals surface area contributed by atoms with Crippen LogP contribution in [0.25, 0.3) is 10.8 Å². The van der Waals surface area contributed by atoms with Crippen molar-refractivity contribution in [3.05, 3.63) is 72.8 Å². The second-order valence-corrected chi connectivity index (χ2v) is 5.71. The van der Waals surface area contributed by atoms with Crippen molar-refractivity contribution >= 4 is 18.6 Å². The van der Waals surface area contributed by atoms with E-state index in [0.717, 1.165) is 10.8 Å². The van der Waals surface area contributed by atoms with E-state index in [1.165, 1.54) is 0 Å². The Labute approximate surface area is 122 Å². The molecule has 0 spiro atoms. The van der Waals surface area contributed by atoms with E-state index in [2.05, 4.69) is 0 Å². The van der Waals surface area contributed by atoms with Gasteiger partial charge in [-0.2, -0.15) is 0 Å². The highest BCUT2D eigenvalue weighted by atomic mass is 31.2. The average Bonchev–Trinajstić information content (AvgIpc) is 2.47. The van der Waals surface area contributed by atoms with E-state index >= 15 is 0 Å². The van der Waals surface area contributed by atoms with Gasteiger partial charge >= 0.3 is 7.82 Å². The van der Waals surface area contributed by atoms with Crippen LogP contribution in [-0.4, -0.2) is 0 Å². The van der Waals surface area contributed by atoms with Gasteiger partial charge < -0.3 is 13.9 Å². The van der Waals surface area contributed by atoms with Crippen molar-refractivity contribution in [2.24, 2.45) is 0 Å².